The van der Waals surface area contributed by atoms with E-state index in [0.717, 1.165) is 29.9 Å². The minimum absolute atomic E-state index is 0.604. The number of unbranched alkanes of at least 4 members (excludes halogenated alkanes) is 1. The zero-order valence-corrected chi connectivity index (χ0v) is 14.5. The largest absolute Gasteiger partial charge is 0.356 e. The summed E-state index contributed by atoms with van der Waals surface area (Å²) in [4.78, 5) is 4.28. The van der Waals surface area contributed by atoms with E-state index >= 15 is 0 Å². The number of nitrogens with one attached hydrogen (secondary N) is 2. The fourth-order valence-electron chi connectivity index (χ4n) is 3.46. The first-order chi connectivity index (χ1) is 11.9. The fourth-order valence-corrected chi connectivity index (χ4v) is 3.46. The average Bonchev–Trinajstić information content (AvgIpc) is 3.27. The number of nitrogens with zero attached hydrogens (tertiary/aromatic N) is 4. The summed E-state index contributed by atoms with van der Waals surface area (Å²) >= 11 is 0. The first kappa shape index (κ1) is 16.7. The average molecular weight is 328 g/mol. The van der Waals surface area contributed by atoms with Crippen molar-refractivity contribution in [2.45, 2.75) is 51.5 Å². The van der Waals surface area contributed by atoms with Gasteiger partial charge in [0.25, 0.3) is 0 Å². The lowest BCUT2D eigenvalue weighted by Crippen LogP contribution is -2.37. The van der Waals surface area contributed by atoms with Crippen molar-refractivity contribution >= 4 is 11.6 Å². The fraction of sp³-hybridized carbons (Fsp3) is 0.611. The van der Waals surface area contributed by atoms with Gasteiger partial charge in [-0.2, -0.15) is 0 Å². The van der Waals surface area contributed by atoms with Crippen LogP contribution in [0.25, 0.3) is 5.65 Å². The normalized spacial score (nSPS) is 16.0. The third-order valence-corrected chi connectivity index (χ3v) is 4.83. The van der Waals surface area contributed by atoms with Crippen LogP contribution in [0.1, 0.15) is 50.8 Å². The van der Waals surface area contributed by atoms with E-state index in [2.05, 4.69) is 25.8 Å². The van der Waals surface area contributed by atoms with Crippen LogP contribution in [0.5, 0.6) is 0 Å². The van der Waals surface area contributed by atoms with Gasteiger partial charge in [-0.15, -0.1) is 10.2 Å². The third-order valence-electron chi connectivity index (χ3n) is 4.83. The quantitative estimate of drug-likeness (QED) is 0.466. The summed E-state index contributed by atoms with van der Waals surface area (Å²) < 4.78 is 1.99. The second-order valence-electron chi connectivity index (χ2n) is 6.54. The van der Waals surface area contributed by atoms with E-state index < -0.39 is 0 Å². The number of hydrogen-bond donors (Lipinski definition) is 2. The molecule has 3 rings (SSSR count). The van der Waals surface area contributed by atoms with Gasteiger partial charge in [-0.05, 0) is 24.5 Å². The van der Waals surface area contributed by atoms with Crippen LogP contribution in [-0.2, 0) is 6.54 Å². The molecular weight excluding hydrogens is 300 g/mol. The van der Waals surface area contributed by atoms with E-state index in [-0.39, 0.29) is 0 Å². The van der Waals surface area contributed by atoms with Crippen molar-refractivity contribution in [3.8, 4) is 0 Å². The second-order valence-corrected chi connectivity index (χ2v) is 6.54. The van der Waals surface area contributed by atoms with Crippen LogP contribution in [-0.4, -0.2) is 34.2 Å². The first-order valence-electron chi connectivity index (χ1n) is 9.10. The molecule has 0 saturated heterocycles. The molecule has 0 unspecified atom stereocenters. The van der Waals surface area contributed by atoms with Crippen LogP contribution < -0.4 is 10.6 Å². The summed E-state index contributed by atoms with van der Waals surface area (Å²) in [5.41, 5.74) is 0.865. The molecule has 6 nitrogen and oxygen atoms in total. The summed E-state index contributed by atoms with van der Waals surface area (Å²) in [6, 6.07) is 5.90. The van der Waals surface area contributed by atoms with E-state index in [4.69, 9.17) is 0 Å². The topological polar surface area (TPSA) is 66.6 Å². The second kappa shape index (κ2) is 8.66. The van der Waals surface area contributed by atoms with Gasteiger partial charge >= 0.3 is 0 Å². The molecule has 1 aliphatic rings. The Morgan fingerprint density at radius 3 is 2.92 bits per heavy atom. The Morgan fingerprint density at radius 1 is 1.21 bits per heavy atom. The molecular formula is C18H28N6. The monoisotopic (exact) mass is 328 g/mol. The van der Waals surface area contributed by atoms with Crippen LogP contribution in [0.15, 0.2) is 29.4 Å². The number of hydrogen-bond acceptors (Lipinski definition) is 3. The molecule has 0 radical (unpaired) electrons. The van der Waals surface area contributed by atoms with Gasteiger partial charge in [-0.1, -0.05) is 44.6 Å². The molecule has 0 amide bonds. The highest BCUT2D eigenvalue weighted by molar-refractivity contribution is 5.79. The lowest BCUT2D eigenvalue weighted by molar-refractivity contribution is 0.472. The molecule has 6 heteroatoms. The number of rotatable bonds is 7. The maximum absolute atomic E-state index is 4.28. The Morgan fingerprint density at radius 2 is 2.08 bits per heavy atom. The molecule has 2 aromatic rings. The van der Waals surface area contributed by atoms with Crippen LogP contribution in [0.4, 0.5) is 0 Å². The molecule has 1 saturated carbocycles. The van der Waals surface area contributed by atoms with E-state index in [1.807, 2.05) is 28.8 Å². The van der Waals surface area contributed by atoms with Crippen molar-refractivity contribution in [1.29, 1.82) is 0 Å². The van der Waals surface area contributed by atoms with E-state index in [0.29, 0.717) is 6.54 Å². The van der Waals surface area contributed by atoms with Crippen LogP contribution in [0, 0.1) is 5.92 Å². The van der Waals surface area contributed by atoms with Crippen molar-refractivity contribution in [2.24, 2.45) is 10.9 Å². The van der Waals surface area contributed by atoms with Crippen molar-refractivity contribution in [1.82, 2.24) is 25.2 Å². The SMILES string of the molecule is CN=C(NCCCCC1CCCC1)NCc1nnc2ccccn12. The van der Waals surface area contributed by atoms with E-state index in [1.165, 1.54) is 44.9 Å². The number of fused-ring (bicyclic) bond motifs is 1. The first-order valence-corrected chi connectivity index (χ1v) is 9.10. The Hall–Kier alpha value is -2.11. The molecule has 24 heavy (non-hydrogen) atoms. The summed E-state index contributed by atoms with van der Waals surface area (Å²) in [6.45, 7) is 1.57. The number of guanidine groups is 1. The maximum Gasteiger partial charge on any atom is 0.191 e. The predicted molar refractivity (Wildman–Crippen MR) is 97.0 cm³/mol. The standard InChI is InChI=1S/C18H28N6/c1-19-18(20-12-6-4-10-15-8-2-3-9-15)21-14-17-23-22-16-11-5-7-13-24(16)17/h5,7,11,13,15H,2-4,6,8-10,12,14H2,1H3,(H2,19,20,21). The number of pyridine rings is 1. The Balaban J connectivity index is 1.37. The lowest BCUT2D eigenvalue weighted by atomic mass is 10.0. The van der Waals surface area contributed by atoms with Gasteiger partial charge in [0.1, 0.15) is 0 Å². The highest BCUT2D eigenvalue weighted by atomic mass is 15.3. The molecule has 0 atom stereocenters. The zero-order valence-electron chi connectivity index (χ0n) is 14.5. The highest BCUT2D eigenvalue weighted by Gasteiger charge is 2.13. The van der Waals surface area contributed by atoms with Crippen LogP contribution in [0.3, 0.4) is 0 Å². The molecule has 2 N–H and O–H groups in total. The van der Waals surface area contributed by atoms with Gasteiger partial charge in [0.15, 0.2) is 17.4 Å². The summed E-state index contributed by atoms with van der Waals surface area (Å²) in [5.74, 6) is 2.70. The van der Waals surface area contributed by atoms with Crippen molar-refractivity contribution in [2.75, 3.05) is 13.6 Å². The highest BCUT2D eigenvalue weighted by Crippen LogP contribution is 2.28. The Kier molecular flexibility index (Phi) is 6.04. The minimum atomic E-state index is 0.604. The van der Waals surface area contributed by atoms with Gasteiger partial charge < -0.3 is 10.6 Å². The van der Waals surface area contributed by atoms with Crippen LogP contribution in [0.2, 0.25) is 0 Å². The Bertz CT molecular complexity index is 656. The number of aliphatic imine (C=N–C) groups is 1. The van der Waals surface area contributed by atoms with Gasteiger partial charge in [0.2, 0.25) is 0 Å². The Labute approximate surface area is 143 Å². The smallest absolute Gasteiger partial charge is 0.191 e. The molecule has 1 aliphatic carbocycles. The summed E-state index contributed by atoms with van der Waals surface area (Å²) in [5, 5.41) is 15.1. The molecule has 1 fully saturated rings. The summed E-state index contributed by atoms with van der Waals surface area (Å²) in [7, 11) is 1.80. The van der Waals surface area contributed by atoms with Gasteiger partial charge in [0.05, 0.1) is 6.54 Å². The van der Waals surface area contributed by atoms with Crippen molar-refractivity contribution in [3.05, 3.63) is 30.2 Å². The van der Waals surface area contributed by atoms with E-state index in [9.17, 15) is 0 Å². The lowest BCUT2D eigenvalue weighted by Gasteiger charge is -2.12. The molecule has 0 spiro atoms. The molecule has 0 bridgehead atoms. The van der Waals surface area contributed by atoms with Gasteiger partial charge in [-0.25, -0.2) is 0 Å². The summed E-state index contributed by atoms with van der Waals surface area (Å²) in [6.07, 6.45) is 11.7. The third kappa shape index (κ3) is 4.46. The van der Waals surface area contributed by atoms with Gasteiger partial charge in [0, 0.05) is 19.8 Å². The minimum Gasteiger partial charge on any atom is -0.356 e. The van der Waals surface area contributed by atoms with Crippen LogP contribution >= 0.6 is 0 Å². The zero-order chi connectivity index (χ0) is 16.6. The predicted octanol–water partition coefficient (Wildman–Crippen LogP) is 2.75. The van der Waals surface area contributed by atoms with Crippen molar-refractivity contribution in [3.63, 3.8) is 0 Å². The van der Waals surface area contributed by atoms with Gasteiger partial charge in [-0.3, -0.25) is 9.39 Å². The maximum atomic E-state index is 4.28. The molecule has 2 heterocycles. The number of aromatic nitrogens is 3. The molecule has 130 valence electrons. The molecule has 2 aromatic heterocycles. The van der Waals surface area contributed by atoms with E-state index in [1.54, 1.807) is 7.05 Å². The molecule has 0 aliphatic heterocycles. The van der Waals surface area contributed by atoms with Crippen molar-refractivity contribution < 1.29 is 0 Å². The molecule has 0 aromatic carbocycles.